The van der Waals surface area contributed by atoms with Gasteiger partial charge in [-0.15, -0.1) is 0 Å². The van der Waals surface area contributed by atoms with Gasteiger partial charge in [-0.05, 0) is 18.3 Å². The Morgan fingerprint density at radius 3 is 2.20 bits per heavy atom. The largest absolute Gasteiger partial charge is 0.230 e. The minimum Gasteiger partial charge on any atom is -0.211 e. The SMILES string of the molecule is CCC(C#N)S(=O)(=O)N1CC(C)C(C)C1. The first kappa shape index (κ1) is 12.5. The van der Waals surface area contributed by atoms with Crippen molar-refractivity contribution in [3.63, 3.8) is 0 Å². The standard InChI is InChI=1S/C10H18N2O2S/c1-4-10(5-11)15(13,14)12-6-8(2)9(3)7-12/h8-10H,4,6-7H2,1-3H3. The Morgan fingerprint density at radius 2 is 1.87 bits per heavy atom. The van der Waals surface area contributed by atoms with Gasteiger partial charge >= 0.3 is 0 Å². The van der Waals surface area contributed by atoms with Gasteiger partial charge in [-0.25, -0.2) is 12.7 Å². The van der Waals surface area contributed by atoms with Crippen molar-refractivity contribution >= 4 is 10.0 Å². The van der Waals surface area contributed by atoms with Crippen molar-refractivity contribution in [3.8, 4) is 6.07 Å². The second-order valence-electron chi connectivity index (χ2n) is 4.34. The summed E-state index contributed by atoms with van der Waals surface area (Å²) in [6.45, 7) is 6.94. The fourth-order valence-electron chi connectivity index (χ4n) is 1.83. The molecule has 1 aliphatic heterocycles. The first-order valence-electron chi connectivity index (χ1n) is 5.32. The van der Waals surface area contributed by atoms with Crippen molar-refractivity contribution in [2.45, 2.75) is 32.4 Å². The summed E-state index contributed by atoms with van der Waals surface area (Å²) in [6.07, 6.45) is 0.359. The summed E-state index contributed by atoms with van der Waals surface area (Å²) < 4.78 is 25.5. The lowest BCUT2D eigenvalue weighted by Gasteiger charge is -2.18. The Labute approximate surface area is 91.9 Å². The van der Waals surface area contributed by atoms with Crippen molar-refractivity contribution in [1.29, 1.82) is 5.26 Å². The third kappa shape index (κ3) is 2.32. The number of nitrogens with zero attached hydrogens (tertiary/aromatic N) is 2. The molecule has 1 fully saturated rings. The van der Waals surface area contributed by atoms with Gasteiger partial charge in [0.2, 0.25) is 10.0 Å². The first-order chi connectivity index (χ1) is 6.93. The predicted octanol–water partition coefficient (Wildman–Crippen LogP) is 1.21. The van der Waals surface area contributed by atoms with E-state index in [9.17, 15) is 8.42 Å². The highest BCUT2D eigenvalue weighted by Crippen LogP contribution is 2.26. The summed E-state index contributed by atoms with van der Waals surface area (Å²) in [5, 5.41) is 7.92. The maximum Gasteiger partial charge on any atom is 0.230 e. The summed E-state index contributed by atoms with van der Waals surface area (Å²) in [6, 6.07) is 1.87. The number of hydrogen-bond acceptors (Lipinski definition) is 3. The van der Waals surface area contributed by atoms with E-state index in [0.717, 1.165) is 0 Å². The maximum absolute atomic E-state index is 12.0. The van der Waals surface area contributed by atoms with Gasteiger partial charge in [0.05, 0.1) is 6.07 Å². The fourth-order valence-corrected chi connectivity index (χ4v) is 3.63. The van der Waals surface area contributed by atoms with Crippen molar-refractivity contribution in [2.75, 3.05) is 13.1 Å². The third-order valence-electron chi connectivity index (χ3n) is 3.19. The molecule has 0 aromatic rings. The zero-order valence-electron chi connectivity index (χ0n) is 9.47. The molecule has 0 N–H and O–H groups in total. The van der Waals surface area contributed by atoms with Gasteiger partial charge in [-0.3, -0.25) is 0 Å². The number of hydrogen-bond donors (Lipinski definition) is 0. The molecule has 0 aromatic carbocycles. The second-order valence-corrected chi connectivity index (χ2v) is 6.46. The quantitative estimate of drug-likeness (QED) is 0.732. The highest BCUT2D eigenvalue weighted by molar-refractivity contribution is 7.90. The van der Waals surface area contributed by atoms with Gasteiger partial charge in [0.25, 0.3) is 0 Å². The lowest BCUT2D eigenvalue weighted by Crippen LogP contribution is -2.36. The van der Waals surface area contributed by atoms with E-state index < -0.39 is 15.3 Å². The van der Waals surface area contributed by atoms with Crippen LogP contribution in [0.25, 0.3) is 0 Å². The molecule has 0 radical (unpaired) electrons. The van der Waals surface area contributed by atoms with E-state index in [1.807, 2.05) is 19.9 Å². The summed E-state index contributed by atoms with van der Waals surface area (Å²) in [7, 11) is -3.39. The Hall–Kier alpha value is -0.600. The molecular weight excluding hydrogens is 212 g/mol. The van der Waals surface area contributed by atoms with E-state index >= 15 is 0 Å². The van der Waals surface area contributed by atoms with Gasteiger partial charge in [-0.1, -0.05) is 20.8 Å². The van der Waals surface area contributed by atoms with Crippen LogP contribution in [0.2, 0.25) is 0 Å². The maximum atomic E-state index is 12.0. The van der Waals surface area contributed by atoms with E-state index in [2.05, 4.69) is 0 Å². The molecule has 0 saturated carbocycles. The molecule has 4 nitrogen and oxygen atoms in total. The van der Waals surface area contributed by atoms with Crippen LogP contribution in [0.4, 0.5) is 0 Å². The van der Waals surface area contributed by atoms with Crippen LogP contribution < -0.4 is 0 Å². The molecule has 0 aromatic heterocycles. The molecule has 1 aliphatic rings. The highest BCUT2D eigenvalue weighted by Gasteiger charge is 2.37. The smallest absolute Gasteiger partial charge is 0.211 e. The van der Waals surface area contributed by atoms with E-state index in [1.54, 1.807) is 6.92 Å². The monoisotopic (exact) mass is 230 g/mol. The van der Waals surface area contributed by atoms with Crippen LogP contribution in [0.3, 0.4) is 0 Å². The zero-order chi connectivity index (χ0) is 11.6. The van der Waals surface area contributed by atoms with Crippen LogP contribution in [-0.4, -0.2) is 31.1 Å². The molecule has 1 saturated heterocycles. The van der Waals surface area contributed by atoms with Crippen LogP contribution >= 0.6 is 0 Å². The van der Waals surface area contributed by atoms with Crippen molar-refractivity contribution in [1.82, 2.24) is 4.31 Å². The van der Waals surface area contributed by atoms with Crippen LogP contribution in [0, 0.1) is 23.2 Å². The topological polar surface area (TPSA) is 61.2 Å². The lowest BCUT2D eigenvalue weighted by molar-refractivity contribution is 0.457. The molecule has 5 heteroatoms. The summed E-state index contributed by atoms with van der Waals surface area (Å²) in [5.74, 6) is 0.770. The Morgan fingerprint density at radius 1 is 1.40 bits per heavy atom. The molecular formula is C10H18N2O2S. The van der Waals surface area contributed by atoms with Gasteiger partial charge in [-0.2, -0.15) is 5.26 Å². The molecule has 1 heterocycles. The van der Waals surface area contributed by atoms with E-state index in [0.29, 0.717) is 31.3 Å². The summed E-state index contributed by atoms with van der Waals surface area (Å²) >= 11 is 0. The predicted molar refractivity (Wildman–Crippen MR) is 58.5 cm³/mol. The number of sulfonamides is 1. The average Bonchev–Trinajstić information content (AvgIpc) is 2.49. The molecule has 0 amide bonds. The fraction of sp³-hybridized carbons (Fsp3) is 0.900. The molecule has 3 unspecified atom stereocenters. The van der Waals surface area contributed by atoms with Gasteiger partial charge in [0.1, 0.15) is 0 Å². The lowest BCUT2D eigenvalue weighted by atomic mass is 10.0. The molecule has 0 bridgehead atoms. The minimum absolute atomic E-state index is 0.359. The van der Waals surface area contributed by atoms with Crippen LogP contribution in [0.1, 0.15) is 27.2 Å². The normalized spacial score (nSPS) is 30.0. The molecule has 1 rings (SSSR count). The second kappa shape index (κ2) is 4.50. The highest BCUT2D eigenvalue weighted by atomic mass is 32.2. The van der Waals surface area contributed by atoms with Gasteiger partial charge in [0, 0.05) is 13.1 Å². The van der Waals surface area contributed by atoms with Crippen molar-refractivity contribution < 1.29 is 8.42 Å². The van der Waals surface area contributed by atoms with Gasteiger partial charge in [0.15, 0.2) is 5.25 Å². The van der Waals surface area contributed by atoms with E-state index in [1.165, 1.54) is 4.31 Å². The molecule has 86 valence electrons. The first-order valence-corrected chi connectivity index (χ1v) is 6.82. The van der Waals surface area contributed by atoms with Crippen molar-refractivity contribution in [3.05, 3.63) is 0 Å². The summed E-state index contributed by atoms with van der Waals surface area (Å²) in [4.78, 5) is 0. The van der Waals surface area contributed by atoms with E-state index in [-0.39, 0.29) is 0 Å². The Bertz CT molecular complexity index is 348. The van der Waals surface area contributed by atoms with Crippen LogP contribution in [0.5, 0.6) is 0 Å². The minimum atomic E-state index is -3.39. The Kier molecular flexibility index (Phi) is 3.74. The van der Waals surface area contributed by atoms with E-state index in [4.69, 9.17) is 5.26 Å². The van der Waals surface area contributed by atoms with Crippen LogP contribution in [-0.2, 0) is 10.0 Å². The van der Waals surface area contributed by atoms with Gasteiger partial charge < -0.3 is 0 Å². The number of nitriles is 1. The average molecular weight is 230 g/mol. The third-order valence-corrected chi connectivity index (χ3v) is 5.36. The molecule has 0 spiro atoms. The molecule has 15 heavy (non-hydrogen) atoms. The zero-order valence-corrected chi connectivity index (χ0v) is 10.3. The molecule has 0 aliphatic carbocycles. The number of rotatable bonds is 3. The van der Waals surface area contributed by atoms with Crippen molar-refractivity contribution in [2.24, 2.45) is 11.8 Å². The van der Waals surface area contributed by atoms with Crippen LogP contribution in [0.15, 0.2) is 0 Å². The summed E-state index contributed by atoms with van der Waals surface area (Å²) in [5.41, 5.74) is 0. The Balaban J connectivity index is 2.85. The molecule has 3 atom stereocenters.